The van der Waals surface area contributed by atoms with E-state index in [1.54, 1.807) is 17.0 Å². The predicted molar refractivity (Wildman–Crippen MR) is 108 cm³/mol. The molecule has 1 amide bonds. The first kappa shape index (κ1) is 20.6. The van der Waals surface area contributed by atoms with Crippen LogP contribution in [0.25, 0.3) is 0 Å². The van der Waals surface area contributed by atoms with Crippen LogP contribution in [0.2, 0.25) is 0 Å². The maximum Gasteiger partial charge on any atom is 0.253 e. The van der Waals surface area contributed by atoms with E-state index in [0.717, 1.165) is 37.9 Å². The Kier molecular flexibility index (Phi) is 7.40. The number of amides is 1. The van der Waals surface area contributed by atoms with Crippen molar-refractivity contribution in [3.63, 3.8) is 0 Å². The molecule has 0 N–H and O–H groups in total. The van der Waals surface area contributed by atoms with Crippen LogP contribution in [0.15, 0.2) is 36.7 Å². The number of benzene rings is 1. The lowest BCUT2D eigenvalue weighted by atomic mass is 10.1. The highest BCUT2D eigenvalue weighted by molar-refractivity contribution is 5.94. The Balaban J connectivity index is 1.57. The van der Waals surface area contributed by atoms with Gasteiger partial charge in [0.15, 0.2) is 0 Å². The fourth-order valence-electron chi connectivity index (χ4n) is 3.28. The van der Waals surface area contributed by atoms with Gasteiger partial charge >= 0.3 is 0 Å². The lowest BCUT2D eigenvalue weighted by Gasteiger charge is -2.32. The lowest BCUT2D eigenvalue weighted by molar-refractivity contribution is 0.0526. The molecule has 7 heteroatoms. The van der Waals surface area contributed by atoms with E-state index in [2.05, 4.69) is 16.9 Å². The van der Waals surface area contributed by atoms with Crippen molar-refractivity contribution < 1.29 is 14.3 Å². The molecule has 0 radical (unpaired) electrons. The SMILES string of the molecule is CCCCCOc1ccc(C(=O)N2CCCC(Oc3nccnc3C#N)C2)cc1. The van der Waals surface area contributed by atoms with Crippen LogP contribution in [0, 0.1) is 11.3 Å². The number of hydrogen-bond acceptors (Lipinski definition) is 6. The number of carbonyl (C=O) groups excluding carboxylic acids is 1. The molecule has 152 valence electrons. The van der Waals surface area contributed by atoms with Crippen LogP contribution < -0.4 is 9.47 Å². The number of ether oxygens (including phenoxy) is 2. The Morgan fingerprint density at radius 3 is 2.79 bits per heavy atom. The summed E-state index contributed by atoms with van der Waals surface area (Å²) in [7, 11) is 0. The standard InChI is InChI=1S/C22H26N4O3/c1-2-3-4-14-28-18-9-7-17(8-10-18)22(27)26-13-5-6-19(16-26)29-21-20(15-23)24-11-12-25-21/h7-12,19H,2-6,13-14,16H2,1H3. The Hall–Kier alpha value is -3.14. The topological polar surface area (TPSA) is 88.3 Å². The first-order chi connectivity index (χ1) is 14.2. The minimum Gasteiger partial charge on any atom is -0.494 e. The van der Waals surface area contributed by atoms with Gasteiger partial charge in [0, 0.05) is 24.5 Å². The number of unbranched alkanes of at least 4 members (excludes halogenated alkanes) is 2. The largest absolute Gasteiger partial charge is 0.494 e. The molecule has 1 unspecified atom stereocenters. The van der Waals surface area contributed by atoms with Gasteiger partial charge < -0.3 is 14.4 Å². The van der Waals surface area contributed by atoms with Gasteiger partial charge in [-0.15, -0.1) is 0 Å². The van der Waals surface area contributed by atoms with Crippen LogP contribution in [0.1, 0.15) is 55.1 Å². The van der Waals surface area contributed by atoms with Crippen molar-refractivity contribution >= 4 is 5.91 Å². The third kappa shape index (κ3) is 5.67. The summed E-state index contributed by atoms with van der Waals surface area (Å²) in [5.74, 6) is 0.971. The van der Waals surface area contributed by atoms with Crippen LogP contribution in [-0.2, 0) is 0 Å². The number of piperidine rings is 1. The van der Waals surface area contributed by atoms with E-state index in [1.807, 2.05) is 18.2 Å². The highest BCUT2D eigenvalue weighted by Crippen LogP contribution is 2.21. The van der Waals surface area contributed by atoms with Crippen LogP contribution >= 0.6 is 0 Å². The average Bonchev–Trinajstić information content (AvgIpc) is 2.77. The Labute approximate surface area is 171 Å². The summed E-state index contributed by atoms with van der Waals surface area (Å²) >= 11 is 0. The van der Waals surface area contributed by atoms with Gasteiger partial charge in [0.25, 0.3) is 11.8 Å². The normalized spacial score (nSPS) is 16.1. The van der Waals surface area contributed by atoms with E-state index in [-0.39, 0.29) is 23.6 Å². The van der Waals surface area contributed by atoms with Crippen LogP contribution in [0.4, 0.5) is 0 Å². The van der Waals surface area contributed by atoms with Gasteiger partial charge in [-0.05, 0) is 43.5 Å². The molecule has 1 fully saturated rings. The Morgan fingerprint density at radius 2 is 2.03 bits per heavy atom. The Bertz CT molecular complexity index is 848. The molecule has 0 aliphatic carbocycles. The van der Waals surface area contributed by atoms with E-state index in [0.29, 0.717) is 25.3 Å². The molecule has 1 atom stereocenters. The first-order valence-corrected chi connectivity index (χ1v) is 10.1. The van der Waals surface area contributed by atoms with Crippen LogP contribution in [0.3, 0.4) is 0 Å². The summed E-state index contributed by atoms with van der Waals surface area (Å²) in [6.07, 6.45) is 7.72. The highest BCUT2D eigenvalue weighted by Gasteiger charge is 2.26. The monoisotopic (exact) mass is 394 g/mol. The summed E-state index contributed by atoms with van der Waals surface area (Å²) in [6.45, 7) is 3.99. The van der Waals surface area contributed by atoms with Crippen molar-refractivity contribution in [2.75, 3.05) is 19.7 Å². The van der Waals surface area contributed by atoms with E-state index in [9.17, 15) is 4.79 Å². The highest BCUT2D eigenvalue weighted by atomic mass is 16.5. The average molecular weight is 394 g/mol. The maximum absolute atomic E-state index is 12.9. The quantitative estimate of drug-likeness (QED) is 0.636. The predicted octanol–water partition coefficient (Wildman–Crippen LogP) is 3.60. The number of carbonyl (C=O) groups is 1. The molecule has 1 aromatic carbocycles. The van der Waals surface area contributed by atoms with Gasteiger partial charge in [0.05, 0.1) is 13.2 Å². The number of nitrogens with zero attached hydrogens (tertiary/aromatic N) is 4. The van der Waals surface area contributed by atoms with Gasteiger partial charge in [-0.25, -0.2) is 9.97 Å². The molecule has 0 bridgehead atoms. The zero-order valence-corrected chi connectivity index (χ0v) is 16.7. The number of nitriles is 1. The number of rotatable bonds is 8. The maximum atomic E-state index is 12.9. The van der Waals surface area contributed by atoms with Crippen LogP contribution in [-0.4, -0.2) is 46.6 Å². The van der Waals surface area contributed by atoms with Crippen molar-refractivity contribution in [3.05, 3.63) is 47.9 Å². The van der Waals surface area contributed by atoms with Crippen LogP contribution in [0.5, 0.6) is 11.6 Å². The second kappa shape index (κ2) is 10.4. The molecule has 7 nitrogen and oxygen atoms in total. The summed E-state index contributed by atoms with van der Waals surface area (Å²) in [6, 6.07) is 9.27. The molecule has 29 heavy (non-hydrogen) atoms. The molecule has 2 aromatic rings. The van der Waals surface area contributed by atoms with Gasteiger partial charge in [-0.1, -0.05) is 19.8 Å². The second-order valence-corrected chi connectivity index (χ2v) is 7.04. The van der Waals surface area contributed by atoms with E-state index >= 15 is 0 Å². The molecule has 3 rings (SSSR count). The third-order valence-electron chi connectivity index (χ3n) is 4.83. The lowest BCUT2D eigenvalue weighted by Crippen LogP contribution is -2.44. The molecule has 0 spiro atoms. The smallest absolute Gasteiger partial charge is 0.253 e. The van der Waals surface area contributed by atoms with E-state index < -0.39 is 0 Å². The zero-order chi connectivity index (χ0) is 20.5. The number of aromatic nitrogens is 2. The molecule has 1 aliphatic heterocycles. The summed E-state index contributed by atoms with van der Waals surface area (Å²) in [4.78, 5) is 22.7. The summed E-state index contributed by atoms with van der Waals surface area (Å²) in [5.41, 5.74) is 0.786. The van der Waals surface area contributed by atoms with Gasteiger partial charge in [0.2, 0.25) is 5.69 Å². The van der Waals surface area contributed by atoms with Gasteiger partial charge in [-0.3, -0.25) is 4.79 Å². The van der Waals surface area contributed by atoms with Crippen molar-refractivity contribution in [2.45, 2.75) is 45.1 Å². The van der Waals surface area contributed by atoms with Gasteiger partial charge in [0.1, 0.15) is 17.9 Å². The summed E-state index contributed by atoms with van der Waals surface area (Å²) < 4.78 is 11.6. The van der Waals surface area contributed by atoms with Crippen molar-refractivity contribution in [1.82, 2.24) is 14.9 Å². The van der Waals surface area contributed by atoms with E-state index in [1.165, 1.54) is 12.4 Å². The molecule has 1 aromatic heterocycles. The molecule has 1 aliphatic rings. The van der Waals surface area contributed by atoms with Crippen molar-refractivity contribution in [2.24, 2.45) is 0 Å². The minimum absolute atomic E-state index is 0.0320. The van der Waals surface area contributed by atoms with Crippen molar-refractivity contribution in [1.29, 1.82) is 5.26 Å². The zero-order valence-electron chi connectivity index (χ0n) is 16.7. The fourth-order valence-corrected chi connectivity index (χ4v) is 3.28. The van der Waals surface area contributed by atoms with E-state index in [4.69, 9.17) is 14.7 Å². The minimum atomic E-state index is -0.210. The van der Waals surface area contributed by atoms with Crippen molar-refractivity contribution in [3.8, 4) is 17.7 Å². The molecular formula is C22H26N4O3. The molecule has 1 saturated heterocycles. The molecule has 0 saturated carbocycles. The summed E-state index contributed by atoms with van der Waals surface area (Å²) in [5, 5.41) is 9.13. The van der Waals surface area contributed by atoms with Gasteiger partial charge in [-0.2, -0.15) is 5.26 Å². The third-order valence-corrected chi connectivity index (χ3v) is 4.83. The molecular weight excluding hydrogens is 368 g/mol. The molecule has 2 heterocycles. The first-order valence-electron chi connectivity index (χ1n) is 10.1. The fraction of sp³-hybridized carbons (Fsp3) is 0.455. The number of likely N-dealkylation sites (tertiary alicyclic amines) is 1. The second-order valence-electron chi connectivity index (χ2n) is 7.04. The number of hydrogen-bond donors (Lipinski definition) is 0. The Morgan fingerprint density at radius 1 is 1.24 bits per heavy atom.